The maximum atomic E-state index is 13.1. The van der Waals surface area contributed by atoms with Crippen LogP contribution in [0.3, 0.4) is 0 Å². The molecule has 1 aromatic heterocycles. The van der Waals surface area contributed by atoms with Crippen LogP contribution in [-0.2, 0) is 6.54 Å². The van der Waals surface area contributed by atoms with Crippen molar-refractivity contribution < 1.29 is 13.7 Å². The average molecular weight is 353 g/mol. The predicted molar refractivity (Wildman–Crippen MR) is 95.1 cm³/mol. The van der Waals surface area contributed by atoms with Crippen LogP contribution in [-0.4, -0.2) is 28.7 Å². The van der Waals surface area contributed by atoms with Gasteiger partial charge in [0.25, 0.3) is 0 Å². The van der Waals surface area contributed by atoms with Gasteiger partial charge in [0.1, 0.15) is 11.6 Å². The van der Waals surface area contributed by atoms with Crippen LogP contribution in [0.2, 0.25) is 0 Å². The molecule has 2 heterocycles. The Hall–Kier alpha value is -2.73. The van der Waals surface area contributed by atoms with Crippen LogP contribution in [0, 0.1) is 5.82 Å². The molecule has 3 aromatic rings. The number of nitrogens with zero attached hydrogens (tertiary/aromatic N) is 3. The van der Waals surface area contributed by atoms with Gasteiger partial charge in [-0.15, -0.1) is 0 Å². The van der Waals surface area contributed by atoms with Gasteiger partial charge in [-0.05, 0) is 61.3 Å². The van der Waals surface area contributed by atoms with Crippen molar-refractivity contribution in [1.29, 1.82) is 0 Å². The second-order valence-electron chi connectivity index (χ2n) is 6.42. The molecular weight excluding hydrogens is 333 g/mol. The fourth-order valence-corrected chi connectivity index (χ4v) is 3.45. The minimum atomic E-state index is -0.282. The monoisotopic (exact) mass is 353 g/mol. The van der Waals surface area contributed by atoms with E-state index in [1.807, 2.05) is 12.1 Å². The second-order valence-corrected chi connectivity index (χ2v) is 6.42. The van der Waals surface area contributed by atoms with E-state index in [1.165, 1.54) is 17.7 Å². The van der Waals surface area contributed by atoms with Crippen molar-refractivity contribution in [3.8, 4) is 17.1 Å². The van der Waals surface area contributed by atoms with Crippen LogP contribution in [0.25, 0.3) is 11.4 Å². The normalized spacial score (nSPS) is 17.5. The van der Waals surface area contributed by atoms with Gasteiger partial charge in [-0.3, -0.25) is 4.90 Å². The molecule has 0 N–H and O–H groups in total. The molecule has 1 aliphatic heterocycles. The zero-order chi connectivity index (χ0) is 17.9. The van der Waals surface area contributed by atoms with Gasteiger partial charge in [-0.25, -0.2) is 4.39 Å². The number of methoxy groups -OCH3 is 1. The van der Waals surface area contributed by atoms with E-state index in [0.29, 0.717) is 24.3 Å². The summed E-state index contributed by atoms with van der Waals surface area (Å²) >= 11 is 0. The summed E-state index contributed by atoms with van der Waals surface area (Å²) in [5.74, 6) is 1.64. The number of rotatable bonds is 5. The first-order valence-electron chi connectivity index (χ1n) is 8.69. The lowest BCUT2D eigenvalue weighted by Crippen LogP contribution is -2.23. The Bertz CT molecular complexity index is 879. The van der Waals surface area contributed by atoms with Gasteiger partial charge in [0.15, 0.2) is 0 Å². The van der Waals surface area contributed by atoms with E-state index < -0.39 is 0 Å². The molecule has 1 unspecified atom stereocenters. The smallest absolute Gasteiger partial charge is 0.241 e. The van der Waals surface area contributed by atoms with Gasteiger partial charge in [0.2, 0.25) is 11.7 Å². The first-order valence-corrected chi connectivity index (χ1v) is 8.69. The Morgan fingerprint density at radius 2 is 2.08 bits per heavy atom. The number of hydrogen-bond donors (Lipinski definition) is 0. The fraction of sp³-hybridized carbons (Fsp3) is 0.300. The average Bonchev–Trinajstić information content (AvgIpc) is 3.32. The van der Waals surface area contributed by atoms with E-state index in [0.717, 1.165) is 30.7 Å². The van der Waals surface area contributed by atoms with Crippen molar-refractivity contribution in [1.82, 2.24) is 15.0 Å². The number of likely N-dealkylation sites (tertiary alicyclic amines) is 1. The van der Waals surface area contributed by atoms with Crippen molar-refractivity contribution >= 4 is 0 Å². The van der Waals surface area contributed by atoms with E-state index in [4.69, 9.17) is 9.26 Å². The summed E-state index contributed by atoms with van der Waals surface area (Å²) in [6.45, 7) is 1.58. The minimum absolute atomic E-state index is 0.282. The molecule has 0 aliphatic carbocycles. The molecule has 1 atom stereocenters. The van der Waals surface area contributed by atoms with Gasteiger partial charge in [0.05, 0.1) is 13.7 Å². The Balaban J connectivity index is 1.50. The molecular formula is C20H20FN3O2. The standard InChI is InChI=1S/C20H20FN3O2/c1-25-17-5-2-4-15(12-17)18-6-3-11-24(18)13-19-22-20(23-26-19)14-7-9-16(21)10-8-14/h2,4-5,7-10,12,18H,3,6,11,13H2,1H3. The molecule has 0 saturated carbocycles. The molecule has 26 heavy (non-hydrogen) atoms. The molecule has 134 valence electrons. The Morgan fingerprint density at radius 1 is 1.23 bits per heavy atom. The van der Waals surface area contributed by atoms with Crippen molar-refractivity contribution in [2.45, 2.75) is 25.4 Å². The maximum Gasteiger partial charge on any atom is 0.241 e. The zero-order valence-corrected chi connectivity index (χ0v) is 14.6. The SMILES string of the molecule is COc1cccc(C2CCCN2Cc2nc(-c3ccc(F)cc3)no2)c1. The number of ether oxygens (including phenoxy) is 1. The van der Waals surface area contributed by atoms with Crippen LogP contribution in [0.5, 0.6) is 5.75 Å². The summed E-state index contributed by atoms with van der Waals surface area (Å²) < 4.78 is 23.8. The maximum absolute atomic E-state index is 13.1. The lowest BCUT2D eigenvalue weighted by molar-refractivity contribution is 0.212. The van der Waals surface area contributed by atoms with E-state index in [1.54, 1.807) is 19.2 Å². The summed E-state index contributed by atoms with van der Waals surface area (Å²) in [6.07, 6.45) is 2.22. The van der Waals surface area contributed by atoms with Crippen molar-refractivity contribution in [2.75, 3.05) is 13.7 Å². The van der Waals surface area contributed by atoms with Gasteiger partial charge in [0, 0.05) is 11.6 Å². The quantitative estimate of drug-likeness (QED) is 0.687. The van der Waals surface area contributed by atoms with Crippen LogP contribution in [0.1, 0.15) is 30.3 Å². The molecule has 6 heteroatoms. The van der Waals surface area contributed by atoms with E-state index in [9.17, 15) is 4.39 Å². The van der Waals surface area contributed by atoms with Crippen molar-refractivity contribution in [3.63, 3.8) is 0 Å². The number of halogens is 1. The van der Waals surface area contributed by atoms with E-state index in [-0.39, 0.29) is 5.82 Å². The highest BCUT2D eigenvalue weighted by molar-refractivity contribution is 5.53. The third kappa shape index (κ3) is 3.46. The first-order chi connectivity index (χ1) is 12.7. The van der Waals surface area contributed by atoms with Crippen LogP contribution >= 0.6 is 0 Å². The second kappa shape index (κ2) is 7.25. The molecule has 1 saturated heterocycles. The summed E-state index contributed by atoms with van der Waals surface area (Å²) in [4.78, 5) is 6.81. The minimum Gasteiger partial charge on any atom is -0.497 e. The number of benzene rings is 2. The molecule has 0 radical (unpaired) electrons. The predicted octanol–water partition coefficient (Wildman–Crippen LogP) is 4.22. The topological polar surface area (TPSA) is 51.4 Å². The van der Waals surface area contributed by atoms with Crippen molar-refractivity contribution in [3.05, 3.63) is 65.8 Å². The molecule has 4 rings (SSSR count). The van der Waals surface area contributed by atoms with Gasteiger partial charge in [-0.1, -0.05) is 17.3 Å². The number of hydrogen-bond acceptors (Lipinski definition) is 5. The highest BCUT2D eigenvalue weighted by Gasteiger charge is 2.28. The largest absolute Gasteiger partial charge is 0.497 e. The molecule has 0 bridgehead atoms. The summed E-state index contributed by atoms with van der Waals surface area (Å²) in [5.41, 5.74) is 1.98. The molecule has 5 nitrogen and oxygen atoms in total. The Kier molecular flexibility index (Phi) is 4.67. The lowest BCUT2D eigenvalue weighted by atomic mass is 10.0. The zero-order valence-electron chi connectivity index (χ0n) is 14.6. The summed E-state index contributed by atoms with van der Waals surface area (Å²) in [6, 6.07) is 14.6. The fourth-order valence-electron chi connectivity index (χ4n) is 3.45. The number of aromatic nitrogens is 2. The Labute approximate surface area is 151 Å². The highest BCUT2D eigenvalue weighted by Crippen LogP contribution is 2.34. The summed E-state index contributed by atoms with van der Waals surface area (Å²) in [5, 5.41) is 4.03. The molecule has 0 amide bonds. The van der Waals surface area contributed by atoms with Gasteiger partial charge >= 0.3 is 0 Å². The van der Waals surface area contributed by atoms with Crippen LogP contribution in [0.15, 0.2) is 53.1 Å². The van der Waals surface area contributed by atoms with Crippen LogP contribution < -0.4 is 4.74 Å². The third-order valence-corrected chi connectivity index (χ3v) is 4.75. The van der Waals surface area contributed by atoms with E-state index >= 15 is 0 Å². The van der Waals surface area contributed by atoms with E-state index in [2.05, 4.69) is 27.2 Å². The van der Waals surface area contributed by atoms with Crippen molar-refractivity contribution in [2.24, 2.45) is 0 Å². The molecule has 0 spiro atoms. The summed E-state index contributed by atoms with van der Waals surface area (Å²) in [7, 11) is 1.68. The van der Waals surface area contributed by atoms with Gasteiger partial charge < -0.3 is 9.26 Å². The highest BCUT2D eigenvalue weighted by atomic mass is 19.1. The molecule has 1 fully saturated rings. The molecule has 2 aromatic carbocycles. The molecule has 1 aliphatic rings. The van der Waals surface area contributed by atoms with Crippen LogP contribution in [0.4, 0.5) is 4.39 Å². The van der Waals surface area contributed by atoms with Gasteiger partial charge in [-0.2, -0.15) is 4.98 Å². The first kappa shape index (κ1) is 16.7. The lowest BCUT2D eigenvalue weighted by Gasteiger charge is -2.23. The Morgan fingerprint density at radius 3 is 2.88 bits per heavy atom. The third-order valence-electron chi connectivity index (χ3n) is 4.75.